The number of nitrogens with zero attached hydrogens (tertiary/aromatic N) is 2. The minimum Gasteiger partial charge on any atom is -0.305 e. The zero-order chi connectivity index (χ0) is 12.7. The predicted molar refractivity (Wildman–Crippen MR) is 78.5 cm³/mol. The third-order valence-corrected chi connectivity index (χ3v) is 4.47. The summed E-state index contributed by atoms with van der Waals surface area (Å²) >= 11 is 2.08. The molecule has 0 amide bonds. The molecule has 102 valence electrons. The Hall–Kier alpha value is 0.230. The van der Waals surface area contributed by atoms with Crippen LogP contribution in [0.15, 0.2) is 0 Å². The molecule has 1 saturated heterocycles. The minimum absolute atomic E-state index is 0.672. The summed E-state index contributed by atoms with van der Waals surface area (Å²) in [4.78, 5) is 5.18. The van der Waals surface area contributed by atoms with E-state index >= 15 is 0 Å². The molecular formula is C13H29N3S. The van der Waals surface area contributed by atoms with Crippen molar-refractivity contribution < 1.29 is 0 Å². The Morgan fingerprint density at radius 1 is 1.41 bits per heavy atom. The van der Waals surface area contributed by atoms with Gasteiger partial charge in [0, 0.05) is 31.2 Å². The molecule has 0 aromatic carbocycles. The molecule has 0 bridgehead atoms. The van der Waals surface area contributed by atoms with Gasteiger partial charge in [-0.1, -0.05) is 13.8 Å². The fourth-order valence-corrected chi connectivity index (χ4v) is 3.59. The van der Waals surface area contributed by atoms with Crippen LogP contribution in [-0.4, -0.2) is 59.8 Å². The number of nitrogens with one attached hydrogen (secondary N) is 1. The molecule has 1 fully saturated rings. The lowest BCUT2D eigenvalue weighted by Gasteiger charge is -2.40. The van der Waals surface area contributed by atoms with E-state index in [1.165, 1.54) is 24.6 Å². The normalized spacial score (nSPS) is 22.6. The van der Waals surface area contributed by atoms with E-state index in [0.717, 1.165) is 25.8 Å². The lowest BCUT2D eigenvalue weighted by Crippen LogP contribution is -2.50. The van der Waals surface area contributed by atoms with Crippen molar-refractivity contribution in [3.8, 4) is 0 Å². The van der Waals surface area contributed by atoms with Gasteiger partial charge >= 0.3 is 0 Å². The highest BCUT2D eigenvalue weighted by Gasteiger charge is 2.25. The van der Waals surface area contributed by atoms with Gasteiger partial charge in [-0.25, -0.2) is 0 Å². The van der Waals surface area contributed by atoms with Crippen LogP contribution in [-0.2, 0) is 0 Å². The van der Waals surface area contributed by atoms with Crippen molar-refractivity contribution in [1.29, 1.82) is 0 Å². The molecule has 4 heteroatoms. The zero-order valence-electron chi connectivity index (χ0n) is 11.9. The van der Waals surface area contributed by atoms with Crippen molar-refractivity contribution in [2.24, 2.45) is 0 Å². The van der Waals surface area contributed by atoms with Crippen LogP contribution in [0.2, 0.25) is 0 Å². The number of hydrogen-bond donors (Lipinski definition) is 1. The van der Waals surface area contributed by atoms with E-state index in [2.05, 4.69) is 54.6 Å². The molecule has 1 N–H and O–H groups in total. The Bertz CT molecular complexity index is 199. The van der Waals surface area contributed by atoms with Gasteiger partial charge < -0.3 is 5.32 Å². The molecule has 0 saturated carbocycles. The summed E-state index contributed by atoms with van der Waals surface area (Å²) in [7, 11) is 0. The predicted octanol–water partition coefficient (Wildman–Crippen LogP) is 2.05. The molecular weight excluding hydrogens is 230 g/mol. The van der Waals surface area contributed by atoms with Gasteiger partial charge in [-0.15, -0.1) is 11.8 Å². The lowest BCUT2D eigenvalue weighted by atomic mass is 10.1. The molecule has 0 spiro atoms. The Balaban J connectivity index is 2.44. The highest BCUT2D eigenvalue weighted by Crippen LogP contribution is 2.22. The standard InChI is InChI=1S/C13H29N3S/c1-5-14-10-15(6-2)9-13-7-8-17-11-16(13)12(3)4/h12-14H,5-11H2,1-4H3. The maximum Gasteiger partial charge on any atom is 0.0480 e. The van der Waals surface area contributed by atoms with E-state index in [-0.39, 0.29) is 0 Å². The first-order valence-electron chi connectivity index (χ1n) is 6.95. The van der Waals surface area contributed by atoms with Crippen molar-refractivity contribution in [3.05, 3.63) is 0 Å². The van der Waals surface area contributed by atoms with Crippen LogP contribution in [0.5, 0.6) is 0 Å². The van der Waals surface area contributed by atoms with Crippen molar-refractivity contribution in [2.45, 2.75) is 46.2 Å². The molecule has 1 aliphatic rings. The average molecular weight is 259 g/mol. The summed E-state index contributed by atoms with van der Waals surface area (Å²) in [5.74, 6) is 2.54. The average Bonchev–Trinajstić information content (AvgIpc) is 2.34. The SMILES string of the molecule is CCNCN(CC)CC1CCSCN1C(C)C. The Morgan fingerprint density at radius 3 is 2.76 bits per heavy atom. The summed E-state index contributed by atoms with van der Waals surface area (Å²) in [6, 6.07) is 1.42. The van der Waals surface area contributed by atoms with Gasteiger partial charge in [0.1, 0.15) is 0 Å². The maximum atomic E-state index is 3.44. The van der Waals surface area contributed by atoms with Gasteiger partial charge in [0.25, 0.3) is 0 Å². The largest absolute Gasteiger partial charge is 0.305 e. The maximum absolute atomic E-state index is 3.44. The number of rotatable bonds is 7. The molecule has 0 aromatic rings. The molecule has 3 nitrogen and oxygen atoms in total. The van der Waals surface area contributed by atoms with Crippen LogP contribution >= 0.6 is 11.8 Å². The van der Waals surface area contributed by atoms with Crippen LogP contribution in [0, 0.1) is 0 Å². The van der Waals surface area contributed by atoms with Crippen molar-refractivity contribution in [3.63, 3.8) is 0 Å². The second-order valence-corrected chi connectivity index (χ2v) is 6.09. The molecule has 1 unspecified atom stereocenters. The highest BCUT2D eigenvalue weighted by atomic mass is 32.2. The van der Waals surface area contributed by atoms with Gasteiger partial charge in [0.15, 0.2) is 0 Å². The molecule has 1 atom stereocenters. The Labute approximate surface area is 111 Å². The lowest BCUT2D eigenvalue weighted by molar-refractivity contribution is 0.121. The van der Waals surface area contributed by atoms with E-state index in [9.17, 15) is 0 Å². The fourth-order valence-electron chi connectivity index (χ4n) is 2.30. The van der Waals surface area contributed by atoms with Crippen molar-refractivity contribution in [1.82, 2.24) is 15.1 Å². The quantitative estimate of drug-likeness (QED) is 0.705. The zero-order valence-corrected chi connectivity index (χ0v) is 12.7. The molecule has 1 rings (SSSR count). The summed E-state index contributed by atoms with van der Waals surface area (Å²) < 4.78 is 0. The minimum atomic E-state index is 0.672. The second-order valence-electron chi connectivity index (χ2n) is 5.02. The smallest absolute Gasteiger partial charge is 0.0480 e. The summed E-state index contributed by atoms with van der Waals surface area (Å²) in [6.45, 7) is 13.5. The summed E-state index contributed by atoms with van der Waals surface area (Å²) in [5.41, 5.74) is 0. The number of thioether (sulfide) groups is 1. The Kier molecular flexibility index (Phi) is 7.51. The Morgan fingerprint density at radius 2 is 2.18 bits per heavy atom. The summed E-state index contributed by atoms with van der Waals surface area (Å²) in [6.07, 6.45) is 1.34. The molecule has 1 heterocycles. The summed E-state index contributed by atoms with van der Waals surface area (Å²) in [5, 5.41) is 3.44. The first-order valence-corrected chi connectivity index (χ1v) is 8.11. The molecule has 1 aliphatic heterocycles. The van der Waals surface area contributed by atoms with Crippen molar-refractivity contribution >= 4 is 11.8 Å². The first kappa shape index (κ1) is 15.3. The van der Waals surface area contributed by atoms with Crippen LogP contribution in [0.1, 0.15) is 34.1 Å². The van der Waals surface area contributed by atoms with E-state index in [4.69, 9.17) is 0 Å². The second kappa shape index (κ2) is 8.35. The topological polar surface area (TPSA) is 18.5 Å². The first-order chi connectivity index (χ1) is 8.19. The molecule has 0 aromatic heterocycles. The molecule has 17 heavy (non-hydrogen) atoms. The van der Waals surface area contributed by atoms with E-state index in [1.807, 2.05) is 0 Å². The van der Waals surface area contributed by atoms with Gasteiger partial charge in [-0.3, -0.25) is 9.80 Å². The van der Waals surface area contributed by atoms with Crippen LogP contribution < -0.4 is 5.32 Å². The van der Waals surface area contributed by atoms with Crippen LogP contribution in [0.3, 0.4) is 0 Å². The fraction of sp³-hybridized carbons (Fsp3) is 1.00. The van der Waals surface area contributed by atoms with Crippen LogP contribution in [0.4, 0.5) is 0 Å². The van der Waals surface area contributed by atoms with Gasteiger partial charge in [0.2, 0.25) is 0 Å². The van der Waals surface area contributed by atoms with Crippen LogP contribution in [0.25, 0.3) is 0 Å². The monoisotopic (exact) mass is 259 g/mol. The molecule has 0 aliphatic carbocycles. The molecule has 0 radical (unpaired) electrons. The number of hydrogen-bond acceptors (Lipinski definition) is 4. The van der Waals surface area contributed by atoms with E-state index < -0.39 is 0 Å². The van der Waals surface area contributed by atoms with E-state index in [1.54, 1.807) is 0 Å². The highest BCUT2D eigenvalue weighted by molar-refractivity contribution is 7.99. The number of likely N-dealkylation sites (N-methyl/N-ethyl adjacent to an activating group) is 1. The van der Waals surface area contributed by atoms with Gasteiger partial charge in [0.05, 0.1) is 0 Å². The van der Waals surface area contributed by atoms with Gasteiger partial charge in [-0.2, -0.15) is 0 Å². The van der Waals surface area contributed by atoms with Crippen molar-refractivity contribution in [2.75, 3.05) is 37.9 Å². The van der Waals surface area contributed by atoms with Gasteiger partial charge in [-0.05, 0) is 39.1 Å². The van der Waals surface area contributed by atoms with E-state index in [0.29, 0.717) is 6.04 Å². The third kappa shape index (κ3) is 5.16. The third-order valence-electron chi connectivity index (χ3n) is 3.47.